The minimum Gasteiger partial charge on any atom is -0.370 e. The van der Waals surface area contributed by atoms with E-state index < -0.39 is 47.7 Å². The van der Waals surface area contributed by atoms with Crippen molar-refractivity contribution in [2.24, 2.45) is 5.73 Å². The quantitative estimate of drug-likeness (QED) is 0.119. The van der Waals surface area contributed by atoms with Crippen molar-refractivity contribution in [1.29, 1.82) is 0 Å². The molecule has 13 nitrogen and oxygen atoms in total. The first-order valence-electron chi connectivity index (χ1n) is 16.0. The number of hydrogen-bond donors (Lipinski definition) is 5. The minimum absolute atomic E-state index is 0.0681. The zero-order valence-electron chi connectivity index (χ0n) is 27.5. The molecule has 3 rings (SSSR count). The molecule has 2 aromatic rings. The number of nitrogens with one attached hydrogen (secondary N) is 4. The normalized spacial score (nSPS) is 14.2. The molecule has 0 spiro atoms. The SMILES string of the molecule is Cc1cccc(Cc2ccc(NC(=O)[C@H](C)NC(=O)[C@H](C)NC(=O)[C@H](CCC(N)=O)NC(=O)CCCCCN3C(=O)C=CC3=O)cc2)c1. The number of benzene rings is 2. The molecule has 0 radical (unpaired) electrons. The molecule has 7 amide bonds. The lowest BCUT2D eigenvalue weighted by Crippen LogP contribution is -2.54. The highest BCUT2D eigenvalue weighted by Gasteiger charge is 2.27. The monoisotopic (exact) mass is 660 g/mol. The van der Waals surface area contributed by atoms with E-state index in [4.69, 9.17) is 5.73 Å². The third-order valence-corrected chi connectivity index (χ3v) is 7.73. The molecule has 6 N–H and O–H groups in total. The maximum Gasteiger partial charge on any atom is 0.253 e. The highest BCUT2D eigenvalue weighted by Crippen LogP contribution is 2.15. The second-order valence-electron chi connectivity index (χ2n) is 11.9. The molecule has 1 heterocycles. The van der Waals surface area contributed by atoms with Crippen LogP contribution in [0.25, 0.3) is 0 Å². The fraction of sp³-hybridized carbons (Fsp3) is 0.400. The number of anilines is 1. The van der Waals surface area contributed by atoms with Crippen LogP contribution >= 0.6 is 0 Å². The van der Waals surface area contributed by atoms with E-state index in [0.717, 1.165) is 16.9 Å². The number of carbonyl (C=O) groups excluding carboxylic acids is 7. The average molecular weight is 661 g/mol. The molecule has 0 aliphatic carbocycles. The highest BCUT2D eigenvalue weighted by atomic mass is 16.2. The van der Waals surface area contributed by atoms with Crippen LogP contribution < -0.4 is 27.0 Å². The Morgan fingerprint density at radius 1 is 0.750 bits per heavy atom. The molecule has 0 aromatic heterocycles. The van der Waals surface area contributed by atoms with Gasteiger partial charge in [-0.3, -0.25) is 38.5 Å². The summed E-state index contributed by atoms with van der Waals surface area (Å²) in [5.74, 6) is -3.59. The Bertz CT molecular complexity index is 1520. The van der Waals surface area contributed by atoms with Crippen LogP contribution in [0.5, 0.6) is 0 Å². The summed E-state index contributed by atoms with van der Waals surface area (Å²) in [5.41, 5.74) is 9.26. The number of primary amides is 1. The Morgan fingerprint density at radius 3 is 2.04 bits per heavy atom. The molecule has 2 aromatic carbocycles. The van der Waals surface area contributed by atoms with Crippen LogP contribution in [0.1, 0.15) is 69.1 Å². The summed E-state index contributed by atoms with van der Waals surface area (Å²) >= 11 is 0. The summed E-state index contributed by atoms with van der Waals surface area (Å²) in [5, 5.41) is 10.5. The number of nitrogens with two attached hydrogens (primary N) is 1. The second-order valence-corrected chi connectivity index (χ2v) is 11.9. The second kappa shape index (κ2) is 18.1. The van der Waals surface area contributed by atoms with E-state index in [1.54, 1.807) is 12.1 Å². The van der Waals surface area contributed by atoms with Gasteiger partial charge >= 0.3 is 0 Å². The van der Waals surface area contributed by atoms with Crippen molar-refractivity contribution in [3.8, 4) is 0 Å². The highest BCUT2D eigenvalue weighted by molar-refractivity contribution is 6.12. The van der Waals surface area contributed by atoms with Crippen LogP contribution in [0.15, 0.2) is 60.7 Å². The first kappa shape index (κ1) is 37.1. The van der Waals surface area contributed by atoms with Gasteiger partial charge in [0.05, 0.1) is 0 Å². The lowest BCUT2D eigenvalue weighted by Gasteiger charge is -2.22. The fourth-order valence-electron chi connectivity index (χ4n) is 5.00. The summed E-state index contributed by atoms with van der Waals surface area (Å²) in [4.78, 5) is 86.9. The lowest BCUT2D eigenvalue weighted by atomic mass is 10.0. The summed E-state index contributed by atoms with van der Waals surface area (Å²) in [6.45, 7) is 5.24. The van der Waals surface area contributed by atoms with Gasteiger partial charge in [0.15, 0.2) is 0 Å². The van der Waals surface area contributed by atoms with Gasteiger partial charge in [-0.1, -0.05) is 48.4 Å². The van der Waals surface area contributed by atoms with Crippen LogP contribution in [-0.2, 0) is 40.0 Å². The molecule has 13 heteroatoms. The van der Waals surface area contributed by atoms with Gasteiger partial charge in [0.2, 0.25) is 29.5 Å². The standard InChI is InChI=1S/C35H44N6O7/c1-22-8-7-9-26(20-22)21-25-11-13-27(14-12-25)39-34(47)24(3)37-33(46)23(2)38-35(48)28(15-16-29(36)42)40-30(43)10-5-4-6-19-41-31(44)17-18-32(41)45/h7-9,11-14,17-18,20,23-24,28H,4-6,10,15-16,19,21H2,1-3H3,(H2,36,42)(H,37,46)(H,38,48)(H,39,47)(H,40,43)/t23-,24-,28-/m0/s1. The van der Waals surface area contributed by atoms with Gasteiger partial charge in [-0.2, -0.15) is 0 Å². The summed E-state index contributed by atoms with van der Waals surface area (Å²) < 4.78 is 0. The Balaban J connectivity index is 1.43. The number of hydrogen-bond acceptors (Lipinski definition) is 7. The van der Waals surface area contributed by atoms with Gasteiger partial charge in [-0.05, 0) is 69.7 Å². The number of amides is 7. The van der Waals surface area contributed by atoms with Gasteiger partial charge in [0, 0.05) is 37.2 Å². The van der Waals surface area contributed by atoms with Gasteiger partial charge in [0.1, 0.15) is 18.1 Å². The largest absolute Gasteiger partial charge is 0.370 e. The zero-order valence-corrected chi connectivity index (χ0v) is 27.5. The predicted molar refractivity (Wildman–Crippen MR) is 179 cm³/mol. The lowest BCUT2D eigenvalue weighted by molar-refractivity contribution is -0.137. The summed E-state index contributed by atoms with van der Waals surface area (Å²) in [6, 6.07) is 12.5. The molecule has 0 fully saturated rings. The van der Waals surface area contributed by atoms with Crippen LogP contribution in [0.3, 0.4) is 0 Å². The van der Waals surface area contributed by atoms with E-state index in [0.29, 0.717) is 24.9 Å². The van der Waals surface area contributed by atoms with Crippen molar-refractivity contribution in [3.05, 3.63) is 77.4 Å². The number of unbranched alkanes of at least 4 members (excludes halogenated alkanes) is 2. The number of imide groups is 1. The molecule has 1 aliphatic heterocycles. The maximum absolute atomic E-state index is 13.0. The smallest absolute Gasteiger partial charge is 0.253 e. The van der Waals surface area contributed by atoms with Crippen LogP contribution in [0, 0.1) is 6.92 Å². The van der Waals surface area contributed by atoms with E-state index in [1.807, 2.05) is 31.2 Å². The third-order valence-electron chi connectivity index (χ3n) is 7.73. The number of carbonyl (C=O) groups is 7. The van der Waals surface area contributed by atoms with Crippen molar-refractivity contribution < 1.29 is 33.6 Å². The molecule has 0 bridgehead atoms. The maximum atomic E-state index is 13.0. The molecule has 256 valence electrons. The molecular formula is C35H44N6O7. The molecule has 3 atom stereocenters. The Kier molecular flexibility index (Phi) is 14.0. The van der Waals surface area contributed by atoms with Crippen molar-refractivity contribution in [2.75, 3.05) is 11.9 Å². The van der Waals surface area contributed by atoms with Crippen LogP contribution in [0.4, 0.5) is 5.69 Å². The first-order valence-corrected chi connectivity index (χ1v) is 16.0. The number of nitrogens with zero attached hydrogens (tertiary/aromatic N) is 1. The van der Waals surface area contributed by atoms with Gasteiger partial charge in [-0.25, -0.2) is 0 Å². The first-order chi connectivity index (χ1) is 22.8. The Morgan fingerprint density at radius 2 is 1.40 bits per heavy atom. The van der Waals surface area contributed by atoms with Crippen molar-refractivity contribution >= 4 is 47.0 Å². The van der Waals surface area contributed by atoms with Gasteiger partial charge in [-0.15, -0.1) is 0 Å². The topological polar surface area (TPSA) is 197 Å². The van der Waals surface area contributed by atoms with E-state index in [1.165, 1.54) is 37.1 Å². The van der Waals surface area contributed by atoms with Crippen LogP contribution in [0.2, 0.25) is 0 Å². The molecule has 1 aliphatic rings. The molecule has 0 unspecified atom stereocenters. The summed E-state index contributed by atoms with van der Waals surface area (Å²) in [6.07, 6.45) is 4.52. The molecular weight excluding hydrogens is 616 g/mol. The third kappa shape index (κ3) is 12.1. The number of aryl methyl sites for hydroxylation is 1. The Hall–Kier alpha value is -5.33. The van der Waals surface area contributed by atoms with Crippen LogP contribution in [-0.4, -0.2) is 70.9 Å². The summed E-state index contributed by atoms with van der Waals surface area (Å²) in [7, 11) is 0. The fourth-order valence-corrected chi connectivity index (χ4v) is 5.00. The van der Waals surface area contributed by atoms with Gasteiger partial charge < -0.3 is 27.0 Å². The van der Waals surface area contributed by atoms with Crippen molar-refractivity contribution in [1.82, 2.24) is 20.9 Å². The minimum atomic E-state index is -1.12. The Labute approximate surface area is 280 Å². The van der Waals surface area contributed by atoms with E-state index in [9.17, 15) is 33.6 Å². The molecule has 0 saturated heterocycles. The number of rotatable bonds is 18. The van der Waals surface area contributed by atoms with Crippen molar-refractivity contribution in [2.45, 2.75) is 83.8 Å². The molecule has 0 saturated carbocycles. The van der Waals surface area contributed by atoms with E-state index in [-0.39, 0.29) is 37.6 Å². The van der Waals surface area contributed by atoms with E-state index in [2.05, 4.69) is 33.4 Å². The van der Waals surface area contributed by atoms with Crippen molar-refractivity contribution in [3.63, 3.8) is 0 Å². The predicted octanol–water partition coefficient (Wildman–Crippen LogP) is 1.77. The zero-order chi connectivity index (χ0) is 35.2. The molecule has 48 heavy (non-hydrogen) atoms. The average Bonchev–Trinajstić information content (AvgIpc) is 3.35. The van der Waals surface area contributed by atoms with Gasteiger partial charge in [0.25, 0.3) is 11.8 Å². The van der Waals surface area contributed by atoms with E-state index >= 15 is 0 Å².